The fourth-order valence-corrected chi connectivity index (χ4v) is 1.70. The van der Waals surface area contributed by atoms with Crippen LogP contribution in [0.1, 0.15) is 18.9 Å². The molecule has 0 aromatic heterocycles. The van der Waals surface area contributed by atoms with Gasteiger partial charge < -0.3 is 15.4 Å². The molecule has 0 radical (unpaired) electrons. The Morgan fingerprint density at radius 2 is 2.18 bits per heavy atom. The van der Waals surface area contributed by atoms with E-state index >= 15 is 0 Å². The van der Waals surface area contributed by atoms with Crippen molar-refractivity contribution in [3.05, 3.63) is 39.9 Å². The minimum absolute atomic E-state index is 0. The van der Waals surface area contributed by atoms with E-state index in [0.29, 0.717) is 19.1 Å². The first-order valence-electron chi connectivity index (χ1n) is 6.91. The van der Waals surface area contributed by atoms with E-state index in [4.69, 9.17) is 4.74 Å². The number of nitro groups is 1. The van der Waals surface area contributed by atoms with Crippen LogP contribution < -0.4 is 10.6 Å². The molecule has 0 saturated carbocycles. The maximum atomic E-state index is 10.7. The van der Waals surface area contributed by atoms with Crippen molar-refractivity contribution >= 4 is 35.6 Å². The van der Waals surface area contributed by atoms with E-state index < -0.39 is 4.92 Å². The van der Waals surface area contributed by atoms with E-state index in [1.807, 2.05) is 13.0 Å². The highest BCUT2D eigenvalue weighted by Gasteiger charge is 2.05. The van der Waals surface area contributed by atoms with Crippen molar-refractivity contribution in [1.82, 2.24) is 10.6 Å². The maximum Gasteiger partial charge on any atom is 0.269 e. The molecule has 0 unspecified atom stereocenters. The molecule has 0 bridgehead atoms. The molecule has 1 aromatic rings. The normalized spacial score (nSPS) is 10.7. The Balaban J connectivity index is 0.00000441. The number of rotatable bonds is 8. The third kappa shape index (κ3) is 8.13. The molecule has 22 heavy (non-hydrogen) atoms. The average molecular weight is 422 g/mol. The van der Waals surface area contributed by atoms with Crippen LogP contribution in [0, 0.1) is 10.1 Å². The molecule has 7 nitrogen and oxygen atoms in total. The number of methoxy groups -OCH3 is 1. The van der Waals surface area contributed by atoms with Gasteiger partial charge in [-0.1, -0.05) is 12.1 Å². The summed E-state index contributed by atoms with van der Waals surface area (Å²) < 4.78 is 4.98. The average Bonchev–Trinajstić information content (AvgIpc) is 2.49. The highest BCUT2D eigenvalue weighted by molar-refractivity contribution is 14.0. The zero-order valence-corrected chi connectivity index (χ0v) is 15.2. The number of aliphatic imine (C=N–C) groups is 1. The molecule has 0 atom stereocenters. The summed E-state index contributed by atoms with van der Waals surface area (Å²) in [6, 6.07) is 6.51. The Morgan fingerprint density at radius 3 is 2.82 bits per heavy atom. The third-order valence-corrected chi connectivity index (χ3v) is 2.70. The van der Waals surface area contributed by atoms with Gasteiger partial charge in [-0.25, -0.2) is 4.99 Å². The van der Waals surface area contributed by atoms with Gasteiger partial charge in [-0.3, -0.25) is 10.1 Å². The van der Waals surface area contributed by atoms with E-state index in [1.54, 1.807) is 13.2 Å². The van der Waals surface area contributed by atoms with E-state index in [2.05, 4.69) is 15.6 Å². The first-order chi connectivity index (χ1) is 10.2. The molecule has 8 heteroatoms. The fourth-order valence-electron chi connectivity index (χ4n) is 1.70. The van der Waals surface area contributed by atoms with Crippen LogP contribution in [0.15, 0.2) is 29.3 Å². The van der Waals surface area contributed by atoms with E-state index in [1.165, 1.54) is 12.1 Å². The predicted octanol–water partition coefficient (Wildman–Crippen LogP) is 2.30. The van der Waals surface area contributed by atoms with Gasteiger partial charge in [0.05, 0.1) is 11.5 Å². The lowest BCUT2D eigenvalue weighted by Crippen LogP contribution is -2.38. The number of hydrogen-bond acceptors (Lipinski definition) is 4. The van der Waals surface area contributed by atoms with Crippen LogP contribution in [0.3, 0.4) is 0 Å². The van der Waals surface area contributed by atoms with Crippen molar-refractivity contribution in [2.24, 2.45) is 4.99 Å². The van der Waals surface area contributed by atoms with Crippen LogP contribution in [0.2, 0.25) is 0 Å². The molecular formula is C14H23IN4O3. The molecule has 1 rings (SSSR count). The molecule has 0 fully saturated rings. The van der Waals surface area contributed by atoms with E-state index in [9.17, 15) is 10.1 Å². The summed E-state index contributed by atoms with van der Waals surface area (Å²) in [6.07, 6.45) is 0.887. The van der Waals surface area contributed by atoms with Crippen molar-refractivity contribution < 1.29 is 9.66 Å². The van der Waals surface area contributed by atoms with Gasteiger partial charge in [-0.2, -0.15) is 0 Å². The van der Waals surface area contributed by atoms with Crippen LogP contribution >= 0.6 is 24.0 Å². The van der Waals surface area contributed by atoms with Crippen LogP contribution in [0.4, 0.5) is 5.69 Å². The second kappa shape index (κ2) is 12.2. The first-order valence-corrected chi connectivity index (χ1v) is 6.91. The van der Waals surface area contributed by atoms with Crippen molar-refractivity contribution in [3.8, 4) is 0 Å². The SMILES string of the molecule is CCNC(=NCc1cccc([N+](=O)[O-])c1)NCCCOC.I. The molecule has 0 spiro atoms. The van der Waals surface area contributed by atoms with Gasteiger partial charge in [0.1, 0.15) is 0 Å². The number of halogens is 1. The van der Waals surface area contributed by atoms with Gasteiger partial charge in [0, 0.05) is 38.9 Å². The standard InChI is InChI=1S/C14H22N4O3.HI/c1-3-15-14(16-8-5-9-21-2)17-11-12-6-4-7-13(10-12)18(19)20;/h4,6-7,10H,3,5,8-9,11H2,1-2H3,(H2,15,16,17);1H. The molecule has 0 aliphatic rings. The molecule has 0 saturated heterocycles. The highest BCUT2D eigenvalue weighted by Crippen LogP contribution is 2.13. The number of nitrogens with zero attached hydrogens (tertiary/aromatic N) is 2. The Kier molecular flexibility index (Phi) is 11.4. The molecule has 1 aromatic carbocycles. The highest BCUT2D eigenvalue weighted by atomic mass is 127. The number of nitro benzene ring substituents is 1. The monoisotopic (exact) mass is 422 g/mol. The van der Waals surface area contributed by atoms with Gasteiger partial charge in [0.2, 0.25) is 0 Å². The minimum atomic E-state index is -0.401. The summed E-state index contributed by atoms with van der Waals surface area (Å²) in [5.41, 5.74) is 0.888. The number of hydrogen-bond donors (Lipinski definition) is 2. The number of nitrogens with one attached hydrogen (secondary N) is 2. The molecule has 0 aliphatic carbocycles. The Bertz CT molecular complexity index is 483. The van der Waals surface area contributed by atoms with Crippen LogP contribution in [-0.4, -0.2) is 37.7 Å². The second-order valence-corrected chi connectivity index (χ2v) is 4.40. The summed E-state index contributed by atoms with van der Waals surface area (Å²) >= 11 is 0. The van der Waals surface area contributed by atoms with Gasteiger partial charge in [-0.15, -0.1) is 24.0 Å². The summed E-state index contributed by atoms with van der Waals surface area (Å²) in [5.74, 6) is 0.695. The van der Waals surface area contributed by atoms with E-state index in [0.717, 1.165) is 25.1 Å². The summed E-state index contributed by atoms with van der Waals surface area (Å²) in [5, 5.41) is 17.0. The first kappa shape index (κ1) is 20.6. The van der Waals surface area contributed by atoms with Crippen molar-refractivity contribution in [2.75, 3.05) is 26.8 Å². The largest absolute Gasteiger partial charge is 0.385 e. The quantitative estimate of drug-likeness (QED) is 0.168. The fraction of sp³-hybridized carbons (Fsp3) is 0.500. The lowest BCUT2D eigenvalue weighted by Gasteiger charge is -2.11. The molecule has 2 N–H and O–H groups in total. The van der Waals surface area contributed by atoms with Gasteiger partial charge in [0.25, 0.3) is 5.69 Å². The van der Waals surface area contributed by atoms with Crippen LogP contribution in [-0.2, 0) is 11.3 Å². The summed E-state index contributed by atoms with van der Waals surface area (Å²) in [7, 11) is 1.67. The Hall–Kier alpha value is -1.42. The zero-order valence-electron chi connectivity index (χ0n) is 12.9. The van der Waals surface area contributed by atoms with Gasteiger partial charge in [-0.05, 0) is 18.9 Å². The van der Waals surface area contributed by atoms with Crippen molar-refractivity contribution in [1.29, 1.82) is 0 Å². The minimum Gasteiger partial charge on any atom is -0.385 e. The lowest BCUT2D eigenvalue weighted by atomic mass is 10.2. The van der Waals surface area contributed by atoms with Crippen LogP contribution in [0.5, 0.6) is 0 Å². The predicted molar refractivity (Wildman–Crippen MR) is 97.8 cm³/mol. The van der Waals surface area contributed by atoms with Crippen molar-refractivity contribution in [3.63, 3.8) is 0 Å². The Labute approximate surface area is 147 Å². The van der Waals surface area contributed by atoms with Crippen molar-refractivity contribution in [2.45, 2.75) is 19.9 Å². The second-order valence-electron chi connectivity index (χ2n) is 4.40. The lowest BCUT2D eigenvalue weighted by molar-refractivity contribution is -0.384. The number of guanidine groups is 1. The smallest absolute Gasteiger partial charge is 0.269 e. The Morgan fingerprint density at radius 1 is 1.41 bits per heavy atom. The summed E-state index contributed by atoms with van der Waals surface area (Å²) in [4.78, 5) is 14.7. The topological polar surface area (TPSA) is 88.8 Å². The molecule has 0 aliphatic heterocycles. The van der Waals surface area contributed by atoms with Crippen LogP contribution in [0.25, 0.3) is 0 Å². The maximum absolute atomic E-state index is 10.7. The molecule has 124 valence electrons. The van der Waals surface area contributed by atoms with E-state index in [-0.39, 0.29) is 29.7 Å². The van der Waals surface area contributed by atoms with Gasteiger partial charge in [0.15, 0.2) is 5.96 Å². The molecule has 0 amide bonds. The summed E-state index contributed by atoms with van der Waals surface area (Å²) in [6.45, 7) is 4.58. The number of ether oxygens (including phenoxy) is 1. The zero-order chi connectivity index (χ0) is 15.5. The van der Waals surface area contributed by atoms with Gasteiger partial charge >= 0.3 is 0 Å². The molecule has 0 heterocycles. The number of non-ortho nitro benzene ring substituents is 1. The number of benzene rings is 1. The molecular weight excluding hydrogens is 399 g/mol. The third-order valence-electron chi connectivity index (χ3n) is 2.70.